The van der Waals surface area contributed by atoms with Crippen LogP contribution in [-0.2, 0) is 19.1 Å². The maximum atomic E-state index is 12.2. The Morgan fingerprint density at radius 2 is 2.21 bits per heavy atom. The number of carbonyl (C=O) groups excluding carboxylic acids is 2. The first-order valence-electron chi connectivity index (χ1n) is 7.26. The van der Waals surface area contributed by atoms with Crippen molar-refractivity contribution in [2.24, 2.45) is 17.8 Å². The zero-order valence-electron chi connectivity index (χ0n) is 11.5. The summed E-state index contributed by atoms with van der Waals surface area (Å²) in [4.78, 5) is 24.0. The Morgan fingerprint density at radius 3 is 2.84 bits per heavy atom. The van der Waals surface area contributed by atoms with Gasteiger partial charge in [-0.15, -0.1) is 0 Å². The molecule has 1 N–H and O–H groups in total. The third-order valence-corrected chi connectivity index (χ3v) is 4.72. The van der Waals surface area contributed by atoms with Crippen LogP contribution in [0.3, 0.4) is 0 Å². The smallest absolute Gasteiger partial charge is 0.311 e. The summed E-state index contributed by atoms with van der Waals surface area (Å²) in [6.45, 7) is 4.61. The Balaban J connectivity index is 1.92. The number of hydrogen-bond acceptors (Lipinski definition) is 4. The van der Waals surface area contributed by atoms with E-state index in [1.165, 1.54) is 0 Å². The molecule has 3 rings (SSSR count). The van der Waals surface area contributed by atoms with Crippen LogP contribution in [0.5, 0.6) is 0 Å². The van der Waals surface area contributed by atoms with Gasteiger partial charge in [-0.1, -0.05) is 13.8 Å². The molecule has 5 nitrogen and oxygen atoms in total. The summed E-state index contributed by atoms with van der Waals surface area (Å²) < 4.78 is 11.7. The number of rotatable bonds is 1. The molecular formula is C14H21NO4. The SMILES string of the molecule is CC[C@H]1[C@@H]2C(=O)NCCC[C@H]2O[C@]12C[C@H](C)C(=O)O2. The highest BCUT2D eigenvalue weighted by molar-refractivity contribution is 5.81. The van der Waals surface area contributed by atoms with E-state index >= 15 is 0 Å². The first-order chi connectivity index (χ1) is 9.07. The molecule has 3 saturated heterocycles. The van der Waals surface area contributed by atoms with Gasteiger partial charge in [0.15, 0.2) is 0 Å². The van der Waals surface area contributed by atoms with Gasteiger partial charge >= 0.3 is 5.97 Å². The van der Waals surface area contributed by atoms with Gasteiger partial charge in [0.05, 0.1) is 17.9 Å². The highest BCUT2D eigenvalue weighted by atomic mass is 16.7. The number of hydrogen-bond donors (Lipinski definition) is 1. The number of nitrogens with one attached hydrogen (secondary N) is 1. The molecule has 3 aliphatic rings. The van der Waals surface area contributed by atoms with Crippen LogP contribution in [0.25, 0.3) is 0 Å². The van der Waals surface area contributed by atoms with Gasteiger partial charge in [0.1, 0.15) is 0 Å². The molecule has 0 aromatic rings. The van der Waals surface area contributed by atoms with Crippen LogP contribution in [-0.4, -0.2) is 30.3 Å². The van der Waals surface area contributed by atoms with Crippen molar-refractivity contribution < 1.29 is 19.1 Å². The van der Waals surface area contributed by atoms with Crippen LogP contribution in [0.4, 0.5) is 0 Å². The van der Waals surface area contributed by atoms with Gasteiger partial charge in [-0.25, -0.2) is 0 Å². The minimum Gasteiger partial charge on any atom is -0.432 e. The molecule has 3 heterocycles. The summed E-state index contributed by atoms with van der Waals surface area (Å²) in [6.07, 6.45) is 3.03. The van der Waals surface area contributed by atoms with Crippen LogP contribution in [0.15, 0.2) is 0 Å². The lowest BCUT2D eigenvalue weighted by atomic mass is 9.80. The number of ether oxygens (including phenoxy) is 2. The molecule has 19 heavy (non-hydrogen) atoms. The minimum atomic E-state index is -0.852. The lowest BCUT2D eigenvalue weighted by molar-refractivity contribution is -0.219. The Morgan fingerprint density at radius 1 is 1.42 bits per heavy atom. The van der Waals surface area contributed by atoms with Crippen LogP contribution < -0.4 is 5.32 Å². The second-order valence-electron chi connectivity index (χ2n) is 5.97. The molecular weight excluding hydrogens is 246 g/mol. The lowest BCUT2D eigenvalue weighted by Crippen LogP contribution is -2.41. The Kier molecular flexibility index (Phi) is 3.04. The fraction of sp³-hybridized carbons (Fsp3) is 0.857. The van der Waals surface area contributed by atoms with Crippen LogP contribution >= 0.6 is 0 Å². The van der Waals surface area contributed by atoms with Crippen molar-refractivity contribution in [3.8, 4) is 0 Å². The third-order valence-electron chi connectivity index (χ3n) is 4.72. The summed E-state index contributed by atoms with van der Waals surface area (Å²) in [6, 6.07) is 0. The number of fused-ring (bicyclic) bond motifs is 1. The molecule has 0 saturated carbocycles. The van der Waals surface area contributed by atoms with Crippen LogP contribution in [0, 0.1) is 17.8 Å². The van der Waals surface area contributed by atoms with Crippen molar-refractivity contribution in [3.05, 3.63) is 0 Å². The molecule has 3 aliphatic heterocycles. The van der Waals surface area contributed by atoms with E-state index in [1.54, 1.807) is 0 Å². The molecule has 1 spiro atoms. The molecule has 0 aliphatic carbocycles. The van der Waals surface area contributed by atoms with Gasteiger partial charge in [0.25, 0.3) is 0 Å². The third kappa shape index (κ3) is 1.86. The Labute approximate surface area is 113 Å². The van der Waals surface area contributed by atoms with E-state index < -0.39 is 5.79 Å². The molecule has 0 aromatic carbocycles. The quantitative estimate of drug-likeness (QED) is 0.725. The predicted octanol–water partition coefficient (Wildman–Crippen LogP) is 1.22. The van der Waals surface area contributed by atoms with Gasteiger partial charge in [-0.2, -0.15) is 0 Å². The first-order valence-corrected chi connectivity index (χ1v) is 7.26. The number of amides is 1. The van der Waals surface area contributed by atoms with E-state index in [0.717, 1.165) is 25.8 Å². The zero-order chi connectivity index (χ0) is 13.6. The molecule has 0 radical (unpaired) electrons. The van der Waals surface area contributed by atoms with Crippen LogP contribution in [0.2, 0.25) is 0 Å². The van der Waals surface area contributed by atoms with E-state index in [2.05, 4.69) is 5.32 Å². The van der Waals surface area contributed by atoms with Gasteiger partial charge in [0, 0.05) is 18.9 Å². The summed E-state index contributed by atoms with van der Waals surface area (Å²) >= 11 is 0. The monoisotopic (exact) mass is 267 g/mol. The van der Waals surface area contributed by atoms with E-state index in [0.29, 0.717) is 6.42 Å². The van der Waals surface area contributed by atoms with Crippen molar-refractivity contribution in [2.75, 3.05) is 6.54 Å². The van der Waals surface area contributed by atoms with Crippen molar-refractivity contribution >= 4 is 11.9 Å². The maximum absolute atomic E-state index is 12.2. The molecule has 5 atom stereocenters. The summed E-state index contributed by atoms with van der Waals surface area (Å²) in [5, 5.41) is 2.95. The Bertz CT molecular complexity index is 410. The summed E-state index contributed by atoms with van der Waals surface area (Å²) in [5.74, 6) is -1.33. The maximum Gasteiger partial charge on any atom is 0.311 e. The Hall–Kier alpha value is -1.10. The highest BCUT2D eigenvalue weighted by Gasteiger charge is 2.62. The molecule has 1 amide bonds. The van der Waals surface area contributed by atoms with Crippen LogP contribution in [0.1, 0.15) is 39.5 Å². The topological polar surface area (TPSA) is 64.6 Å². The molecule has 0 unspecified atom stereocenters. The van der Waals surface area contributed by atoms with E-state index in [4.69, 9.17) is 9.47 Å². The predicted molar refractivity (Wildman–Crippen MR) is 67.0 cm³/mol. The second kappa shape index (κ2) is 4.47. The van der Waals surface area contributed by atoms with E-state index in [9.17, 15) is 9.59 Å². The van der Waals surface area contributed by atoms with E-state index in [-0.39, 0.29) is 35.7 Å². The molecule has 3 fully saturated rings. The molecule has 106 valence electrons. The summed E-state index contributed by atoms with van der Waals surface area (Å²) in [5.41, 5.74) is 0. The molecule has 0 bridgehead atoms. The molecule has 0 aromatic heterocycles. The highest BCUT2D eigenvalue weighted by Crippen LogP contribution is 2.51. The molecule has 5 heteroatoms. The van der Waals surface area contributed by atoms with Crippen molar-refractivity contribution in [1.82, 2.24) is 5.32 Å². The van der Waals surface area contributed by atoms with Crippen molar-refractivity contribution in [2.45, 2.75) is 51.4 Å². The standard InChI is InChI=1S/C14H21NO4/c1-3-9-11-10(5-4-6-15-12(11)16)18-14(9)7-8(2)13(17)19-14/h8-11H,3-7H2,1-2H3,(H,15,16)/t8-,9-,10+,11-,14-/m0/s1. The fourth-order valence-electron chi connectivity index (χ4n) is 3.86. The van der Waals surface area contributed by atoms with Gasteiger partial charge in [-0.3, -0.25) is 9.59 Å². The average Bonchev–Trinajstić information content (AvgIpc) is 2.75. The summed E-state index contributed by atoms with van der Waals surface area (Å²) in [7, 11) is 0. The largest absolute Gasteiger partial charge is 0.432 e. The first kappa shape index (κ1) is 12.9. The van der Waals surface area contributed by atoms with Gasteiger partial charge in [0.2, 0.25) is 11.7 Å². The van der Waals surface area contributed by atoms with Crippen molar-refractivity contribution in [1.29, 1.82) is 0 Å². The lowest BCUT2D eigenvalue weighted by Gasteiger charge is -2.29. The van der Waals surface area contributed by atoms with E-state index in [1.807, 2.05) is 13.8 Å². The minimum absolute atomic E-state index is 0.0236. The number of esters is 1. The van der Waals surface area contributed by atoms with Gasteiger partial charge < -0.3 is 14.8 Å². The average molecular weight is 267 g/mol. The normalized spacial score (nSPS) is 45.8. The number of carbonyl (C=O) groups is 2. The van der Waals surface area contributed by atoms with Crippen molar-refractivity contribution in [3.63, 3.8) is 0 Å². The second-order valence-corrected chi connectivity index (χ2v) is 5.97. The van der Waals surface area contributed by atoms with Gasteiger partial charge in [-0.05, 0) is 19.3 Å². The fourth-order valence-corrected chi connectivity index (χ4v) is 3.86. The zero-order valence-corrected chi connectivity index (χ0v) is 11.5.